The number of benzene rings is 1. The number of carbonyl (C=O) groups is 2. The quantitative estimate of drug-likeness (QED) is 0.734. The minimum atomic E-state index is -0.217. The number of nitrogens with zero attached hydrogens (tertiary/aromatic N) is 2. The minimum absolute atomic E-state index is 0.217. The first kappa shape index (κ1) is 11.6. The standard InChI is InChI=1S/C13H16N2O2/c16-11-15(12-7-3-1-4-8-12)13(17)14-9-5-2-6-10-14/h1,3-4,7-8,11H,2,5-6,9-10H2. The molecule has 1 aliphatic heterocycles. The van der Waals surface area contributed by atoms with Crippen LogP contribution in [0.5, 0.6) is 0 Å². The van der Waals surface area contributed by atoms with E-state index in [1.54, 1.807) is 17.0 Å². The molecule has 90 valence electrons. The molecule has 1 saturated heterocycles. The molecule has 0 aliphatic carbocycles. The average Bonchev–Trinajstić information content (AvgIpc) is 2.42. The molecule has 4 heteroatoms. The van der Waals surface area contributed by atoms with Gasteiger partial charge < -0.3 is 4.90 Å². The van der Waals surface area contributed by atoms with Gasteiger partial charge in [0.25, 0.3) is 0 Å². The molecule has 0 spiro atoms. The van der Waals surface area contributed by atoms with Crippen molar-refractivity contribution in [1.82, 2.24) is 4.90 Å². The van der Waals surface area contributed by atoms with Crippen molar-refractivity contribution in [2.75, 3.05) is 18.0 Å². The molecule has 0 saturated carbocycles. The molecule has 1 aromatic rings. The number of carbonyl (C=O) groups excluding carboxylic acids is 2. The number of rotatable bonds is 2. The smallest absolute Gasteiger partial charge is 0.324 e. The second kappa shape index (κ2) is 5.48. The molecule has 0 aromatic heterocycles. The van der Waals surface area contributed by atoms with Gasteiger partial charge in [-0.25, -0.2) is 9.69 Å². The topological polar surface area (TPSA) is 40.6 Å². The van der Waals surface area contributed by atoms with Crippen molar-refractivity contribution in [3.8, 4) is 0 Å². The van der Waals surface area contributed by atoms with Crippen LogP contribution in [-0.2, 0) is 4.79 Å². The lowest BCUT2D eigenvalue weighted by Crippen LogP contribution is -2.45. The lowest BCUT2D eigenvalue weighted by atomic mass is 10.1. The molecule has 0 atom stereocenters. The maximum atomic E-state index is 12.2. The highest BCUT2D eigenvalue weighted by atomic mass is 16.2. The molecule has 0 unspecified atom stereocenters. The number of urea groups is 1. The molecule has 2 rings (SSSR count). The molecule has 3 amide bonds. The Hall–Kier alpha value is -1.84. The Morgan fingerprint density at radius 3 is 2.35 bits per heavy atom. The van der Waals surface area contributed by atoms with Crippen molar-refractivity contribution < 1.29 is 9.59 Å². The van der Waals surface area contributed by atoms with Crippen LogP contribution in [0.1, 0.15) is 19.3 Å². The van der Waals surface area contributed by atoms with Gasteiger partial charge >= 0.3 is 6.03 Å². The highest BCUT2D eigenvalue weighted by molar-refractivity contribution is 6.05. The number of hydrogen-bond acceptors (Lipinski definition) is 2. The molecule has 1 aromatic carbocycles. The van der Waals surface area contributed by atoms with Gasteiger partial charge in [-0.2, -0.15) is 0 Å². The Labute approximate surface area is 101 Å². The predicted molar refractivity (Wildman–Crippen MR) is 65.8 cm³/mol. The molecular formula is C13H16N2O2. The van der Waals surface area contributed by atoms with Crippen molar-refractivity contribution in [3.63, 3.8) is 0 Å². The van der Waals surface area contributed by atoms with Crippen LogP contribution in [0, 0.1) is 0 Å². The molecule has 4 nitrogen and oxygen atoms in total. The highest BCUT2D eigenvalue weighted by Gasteiger charge is 2.23. The second-order valence-corrected chi connectivity index (χ2v) is 4.14. The van der Waals surface area contributed by atoms with E-state index in [0.717, 1.165) is 32.4 Å². The van der Waals surface area contributed by atoms with E-state index < -0.39 is 0 Å². The van der Waals surface area contributed by atoms with Crippen LogP contribution in [0.25, 0.3) is 0 Å². The Bertz CT molecular complexity index is 386. The largest absolute Gasteiger partial charge is 0.331 e. The number of para-hydroxylation sites is 1. The molecule has 1 fully saturated rings. The van der Waals surface area contributed by atoms with Crippen LogP contribution in [-0.4, -0.2) is 30.4 Å². The summed E-state index contributed by atoms with van der Waals surface area (Å²) in [5, 5.41) is 0. The van der Waals surface area contributed by atoms with Crippen LogP contribution in [0.15, 0.2) is 30.3 Å². The Morgan fingerprint density at radius 2 is 1.76 bits per heavy atom. The number of imide groups is 1. The molecule has 1 heterocycles. The molecule has 0 radical (unpaired) electrons. The molecule has 0 bridgehead atoms. The highest BCUT2D eigenvalue weighted by Crippen LogP contribution is 2.16. The van der Waals surface area contributed by atoms with Gasteiger partial charge in [0.05, 0.1) is 5.69 Å². The van der Waals surface area contributed by atoms with Crippen molar-refractivity contribution >= 4 is 18.1 Å². The van der Waals surface area contributed by atoms with E-state index in [-0.39, 0.29) is 6.03 Å². The van der Waals surface area contributed by atoms with Crippen LogP contribution in [0.2, 0.25) is 0 Å². The number of likely N-dealkylation sites (tertiary alicyclic amines) is 1. The monoisotopic (exact) mass is 232 g/mol. The summed E-state index contributed by atoms with van der Waals surface area (Å²) < 4.78 is 0. The maximum absolute atomic E-state index is 12.2. The van der Waals surface area contributed by atoms with Crippen molar-refractivity contribution in [1.29, 1.82) is 0 Å². The summed E-state index contributed by atoms with van der Waals surface area (Å²) in [4.78, 5) is 26.1. The number of piperidine rings is 1. The first-order valence-electron chi connectivity index (χ1n) is 5.91. The van der Waals surface area contributed by atoms with Crippen molar-refractivity contribution in [2.24, 2.45) is 0 Å². The first-order chi connectivity index (χ1) is 8.33. The summed E-state index contributed by atoms with van der Waals surface area (Å²) in [6.07, 6.45) is 3.79. The Kier molecular flexibility index (Phi) is 3.75. The first-order valence-corrected chi connectivity index (χ1v) is 5.91. The third-order valence-corrected chi connectivity index (χ3v) is 2.97. The van der Waals surface area contributed by atoms with Gasteiger partial charge in [-0.1, -0.05) is 18.2 Å². The zero-order valence-electron chi connectivity index (χ0n) is 9.71. The summed E-state index contributed by atoms with van der Waals surface area (Å²) in [6.45, 7) is 1.49. The second-order valence-electron chi connectivity index (χ2n) is 4.14. The fourth-order valence-electron chi connectivity index (χ4n) is 2.04. The van der Waals surface area contributed by atoms with E-state index in [4.69, 9.17) is 0 Å². The SMILES string of the molecule is O=CN(C(=O)N1CCCCC1)c1ccccc1. The summed E-state index contributed by atoms with van der Waals surface area (Å²) in [5.74, 6) is 0. The van der Waals surface area contributed by atoms with Gasteiger partial charge in [0.1, 0.15) is 0 Å². The Balaban J connectivity index is 2.12. The lowest BCUT2D eigenvalue weighted by molar-refractivity contribution is -0.107. The summed E-state index contributed by atoms with van der Waals surface area (Å²) in [6, 6.07) is 8.79. The summed E-state index contributed by atoms with van der Waals surface area (Å²) in [7, 11) is 0. The van der Waals surface area contributed by atoms with Gasteiger partial charge in [-0.3, -0.25) is 4.79 Å². The van der Waals surface area contributed by atoms with E-state index in [1.807, 2.05) is 18.2 Å². The van der Waals surface area contributed by atoms with Crippen LogP contribution >= 0.6 is 0 Å². The zero-order valence-corrected chi connectivity index (χ0v) is 9.71. The third-order valence-electron chi connectivity index (χ3n) is 2.97. The van der Waals surface area contributed by atoms with Gasteiger partial charge in [0.2, 0.25) is 6.41 Å². The molecule has 0 N–H and O–H groups in total. The van der Waals surface area contributed by atoms with Crippen LogP contribution in [0.3, 0.4) is 0 Å². The third kappa shape index (κ3) is 2.64. The molecule has 1 aliphatic rings. The maximum Gasteiger partial charge on any atom is 0.331 e. The summed E-state index contributed by atoms with van der Waals surface area (Å²) >= 11 is 0. The predicted octanol–water partition coefficient (Wildman–Crippen LogP) is 2.26. The molecular weight excluding hydrogens is 216 g/mol. The van der Waals surface area contributed by atoms with Crippen molar-refractivity contribution in [3.05, 3.63) is 30.3 Å². The Morgan fingerprint density at radius 1 is 1.12 bits per heavy atom. The number of hydrogen-bond donors (Lipinski definition) is 0. The van der Waals surface area contributed by atoms with Gasteiger partial charge in [0.15, 0.2) is 0 Å². The lowest BCUT2D eigenvalue weighted by Gasteiger charge is -2.30. The fraction of sp³-hybridized carbons (Fsp3) is 0.385. The van der Waals surface area contributed by atoms with Gasteiger partial charge in [0, 0.05) is 13.1 Å². The van der Waals surface area contributed by atoms with E-state index in [0.29, 0.717) is 12.1 Å². The zero-order chi connectivity index (χ0) is 12.1. The van der Waals surface area contributed by atoms with Crippen LogP contribution < -0.4 is 4.90 Å². The van der Waals surface area contributed by atoms with Crippen molar-refractivity contribution in [2.45, 2.75) is 19.3 Å². The average molecular weight is 232 g/mol. The van der Waals surface area contributed by atoms with E-state index in [9.17, 15) is 9.59 Å². The normalized spacial score (nSPS) is 15.4. The van der Waals surface area contributed by atoms with E-state index in [2.05, 4.69) is 0 Å². The van der Waals surface area contributed by atoms with Gasteiger partial charge in [-0.15, -0.1) is 0 Å². The van der Waals surface area contributed by atoms with E-state index in [1.165, 1.54) is 4.90 Å². The van der Waals surface area contributed by atoms with Gasteiger partial charge in [-0.05, 0) is 31.4 Å². The van der Waals surface area contributed by atoms with E-state index >= 15 is 0 Å². The minimum Gasteiger partial charge on any atom is -0.324 e. The van der Waals surface area contributed by atoms with Crippen LogP contribution in [0.4, 0.5) is 10.5 Å². The number of anilines is 1. The fourth-order valence-corrected chi connectivity index (χ4v) is 2.04. The summed E-state index contributed by atoms with van der Waals surface area (Å²) in [5.41, 5.74) is 0.623. The number of amides is 3. The molecule has 17 heavy (non-hydrogen) atoms.